The van der Waals surface area contributed by atoms with E-state index >= 15 is 0 Å². The predicted octanol–water partition coefficient (Wildman–Crippen LogP) is 8.75. The van der Waals surface area contributed by atoms with Crippen LogP contribution in [0.1, 0.15) is 207 Å². The Morgan fingerprint density at radius 3 is 1.31 bits per heavy atom. The van der Waals surface area contributed by atoms with Crippen LogP contribution in [0.25, 0.3) is 0 Å². The van der Waals surface area contributed by atoms with E-state index in [-0.39, 0.29) is 12.8 Å². The zero-order chi connectivity index (χ0) is 43.0. The number of ether oxygens (including phenoxy) is 2. The molecule has 1 saturated carbocycles. The number of phosphoric acid groups is 1. The second kappa shape index (κ2) is 34.4. The maximum atomic E-state index is 12.8. The van der Waals surface area contributed by atoms with E-state index < -0.39 is 75.7 Å². The van der Waals surface area contributed by atoms with Crippen LogP contribution in [0.2, 0.25) is 0 Å². The third kappa shape index (κ3) is 26.9. The Labute approximate surface area is 351 Å². The van der Waals surface area contributed by atoms with Crippen molar-refractivity contribution < 1.29 is 63.1 Å². The highest BCUT2D eigenvalue weighted by molar-refractivity contribution is 7.47. The van der Waals surface area contributed by atoms with Gasteiger partial charge in [-0.05, 0) is 18.8 Å². The molecule has 0 aromatic heterocycles. The van der Waals surface area contributed by atoms with Gasteiger partial charge in [0.1, 0.15) is 43.2 Å². The van der Waals surface area contributed by atoms with Crippen molar-refractivity contribution in [1.82, 2.24) is 0 Å². The van der Waals surface area contributed by atoms with Crippen LogP contribution in [0.4, 0.5) is 0 Å². The lowest BCUT2D eigenvalue weighted by Gasteiger charge is -2.41. The van der Waals surface area contributed by atoms with Crippen molar-refractivity contribution in [1.29, 1.82) is 0 Å². The molecule has 9 atom stereocenters. The van der Waals surface area contributed by atoms with Gasteiger partial charge in [-0.2, -0.15) is 0 Å². The molecule has 0 spiro atoms. The molecule has 0 amide bonds. The summed E-state index contributed by atoms with van der Waals surface area (Å²) in [5.74, 6) is -0.322. The van der Waals surface area contributed by atoms with Crippen molar-refractivity contribution >= 4 is 19.8 Å². The second-order valence-electron chi connectivity index (χ2n) is 16.9. The zero-order valence-corrected chi connectivity index (χ0v) is 37.4. The highest BCUT2D eigenvalue weighted by Crippen LogP contribution is 2.47. The van der Waals surface area contributed by atoms with Crippen molar-refractivity contribution in [3.05, 3.63) is 0 Å². The highest BCUT2D eigenvalue weighted by atomic mass is 31.2. The van der Waals surface area contributed by atoms with Crippen molar-refractivity contribution in [3.63, 3.8) is 0 Å². The van der Waals surface area contributed by atoms with E-state index in [2.05, 4.69) is 20.8 Å². The van der Waals surface area contributed by atoms with Crippen LogP contribution in [0.5, 0.6) is 0 Å². The first-order valence-corrected chi connectivity index (χ1v) is 24.7. The van der Waals surface area contributed by atoms with E-state index in [1.807, 2.05) is 0 Å². The fourth-order valence-corrected chi connectivity index (χ4v) is 8.45. The average molecular weight is 853 g/mol. The fourth-order valence-electron chi connectivity index (χ4n) is 7.48. The SMILES string of the molecule is CCCCCCCCCCCCCCCC(=O)O[C@H](COC(=O)CCCCCCCC[C@H](C)CCCCCCCC)COP(=O)(O)OC1[C@H](O)[C@H](O)C(O)[C@H](O)[C@H]1O. The van der Waals surface area contributed by atoms with Crippen LogP contribution in [-0.4, -0.2) is 98.3 Å². The fraction of sp³-hybridized carbons (Fsp3) is 0.955. The molecule has 0 aliphatic heterocycles. The number of unbranched alkanes of at least 4 members (excludes halogenated alkanes) is 22. The molecule has 58 heavy (non-hydrogen) atoms. The van der Waals surface area contributed by atoms with Gasteiger partial charge < -0.3 is 39.9 Å². The van der Waals surface area contributed by atoms with Crippen molar-refractivity contribution in [2.24, 2.45) is 5.92 Å². The molecule has 1 aliphatic rings. The summed E-state index contributed by atoms with van der Waals surface area (Å²) >= 11 is 0. The van der Waals surface area contributed by atoms with Gasteiger partial charge >= 0.3 is 19.8 Å². The first kappa shape index (κ1) is 54.9. The Morgan fingerprint density at radius 2 is 0.879 bits per heavy atom. The van der Waals surface area contributed by atoms with Gasteiger partial charge in [-0.1, -0.05) is 181 Å². The van der Waals surface area contributed by atoms with E-state index in [1.54, 1.807) is 0 Å². The molecule has 0 saturated heterocycles. The number of aliphatic hydroxyl groups is 5. The molecule has 14 heteroatoms. The minimum absolute atomic E-state index is 0.103. The Hall–Kier alpha value is -1.15. The van der Waals surface area contributed by atoms with E-state index in [9.17, 15) is 44.6 Å². The summed E-state index contributed by atoms with van der Waals surface area (Å²) in [6.45, 7) is 5.66. The quantitative estimate of drug-likeness (QED) is 0.0195. The van der Waals surface area contributed by atoms with Gasteiger partial charge in [0, 0.05) is 12.8 Å². The Bertz CT molecular complexity index is 1050. The number of esters is 2. The summed E-state index contributed by atoms with van der Waals surface area (Å²) in [6.07, 6.45) is 18.7. The number of carbonyl (C=O) groups is 2. The van der Waals surface area contributed by atoms with Crippen molar-refractivity contribution in [2.45, 2.75) is 250 Å². The lowest BCUT2D eigenvalue weighted by Crippen LogP contribution is -2.64. The Morgan fingerprint density at radius 1 is 0.517 bits per heavy atom. The zero-order valence-electron chi connectivity index (χ0n) is 36.5. The van der Waals surface area contributed by atoms with Gasteiger partial charge in [0.15, 0.2) is 6.10 Å². The molecular formula is C44H85O13P. The molecule has 13 nitrogen and oxygen atoms in total. The largest absolute Gasteiger partial charge is 0.472 e. The summed E-state index contributed by atoms with van der Waals surface area (Å²) in [7, 11) is -5.11. The van der Waals surface area contributed by atoms with Gasteiger partial charge in [-0.15, -0.1) is 0 Å². The first-order chi connectivity index (χ1) is 27.8. The van der Waals surface area contributed by atoms with Crippen LogP contribution in [0.15, 0.2) is 0 Å². The lowest BCUT2D eigenvalue weighted by molar-refractivity contribution is -0.220. The molecule has 1 fully saturated rings. The van der Waals surface area contributed by atoms with Gasteiger partial charge in [0.25, 0.3) is 0 Å². The predicted molar refractivity (Wildman–Crippen MR) is 226 cm³/mol. The molecule has 0 bridgehead atoms. The molecule has 0 heterocycles. The number of carbonyl (C=O) groups excluding carboxylic acids is 2. The smallest absolute Gasteiger partial charge is 0.462 e. The molecular weight excluding hydrogens is 767 g/mol. The van der Waals surface area contributed by atoms with Gasteiger partial charge in [-0.3, -0.25) is 18.6 Å². The lowest BCUT2D eigenvalue weighted by atomic mass is 9.85. The van der Waals surface area contributed by atoms with Crippen LogP contribution in [0, 0.1) is 5.92 Å². The van der Waals surface area contributed by atoms with Crippen LogP contribution in [-0.2, 0) is 32.7 Å². The first-order valence-electron chi connectivity index (χ1n) is 23.2. The summed E-state index contributed by atoms with van der Waals surface area (Å²) in [4.78, 5) is 35.7. The highest BCUT2D eigenvalue weighted by Gasteiger charge is 2.51. The van der Waals surface area contributed by atoms with Crippen molar-refractivity contribution in [3.8, 4) is 0 Å². The molecule has 1 rings (SSSR count). The number of hydrogen-bond acceptors (Lipinski definition) is 12. The van der Waals surface area contributed by atoms with Gasteiger partial charge in [0.05, 0.1) is 6.61 Å². The van der Waals surface area contributed by atoms with Crippen molar-refractivity contribution in [2.75, 3.05) is 13.2 Å². The van der Waals surface area contributed by atoms with E-state index in [1.165, 1.54) is 122 Å². The molecule has 0 radical (unpaired) electrons. The standard InChI is InChI=1S/C44H85O13P/c1-4-6-8-10-12-13-14-15-16-17-18-24-28-32-38(46)56-36(34-55-58(52,53)57-44-42(50)40(48)39(47)41(49)43(44)51)33-54-37(45)31-27-23-20-19-22-26-30-35(3)29-25-21-11-9-7-5-2/h35-36,39-44,47-51H,4-34H2,1-3H3,(H,52,53)/t35-,36-,39?,40-,41+,42-,43-,44?/m1/s1. The van der Waals surface area contributed by atoms with E-state index in [0.29, 0.717) is 12.8 Å². The number of hydrogen-bond donors (Lipinski definition) is 6. The third-order valence-corrected chi connectivity index (χ3v) is 12.3. The molecule has 344 valence electrons. The summed E-state index contributed by atoms with van der Waals surface area (Å²) in [5.41, 5.74) is 0. The van der Waals surface area contributed by atoms with E-state index in [0.717, 1.165) is 44.4 Å². The molecule has 1 aliphatic carbocycles. The summed E-state index contributed by atoms with van der Waals surface area (Å²) in [5, 5.41) is 50.1. The van der Waals surface area contributed by atoms with E-state index in [4.69, 9.17) is 18.5 Å². The third-order valence-electron chi connectivity index (χ3n) is 11.3. The molecule has 0 aromatic carbocycles. The average Bonchev–Trinajstić information content (AvgIpc) is 3.20. The number of phosphoric ester groups is 1. The van der Waals surface area contributed by atoms with Gasteiger partial charge in [0.2, 0.25) is 0 Å². The van der Waals surface area contributed by atoms with Crippen LogP contribution in [0.3, 0.4) is 0 Å². The molecule has 3 unspecified atom stereocenters. The minimum Gasteiger partial charge on any atom is -0.462 e. The normalized spacial score (nSPS) is 23.0. The van der Waals surface area contributed by atoms with Crippen LogP contribution < -0.4 is 0 Å². The summed E-state index contributed by atoms with van der Waals surface area (Å²) < 4.78 is 33.5. The Kier molecular flexibility index (Phi) is 32.6. The summed E-state index contributed by atoms with van der Waals surface area (Å²) in [6, 6.07) is 0. The second-order valence-corrected chi connectivity index (χ2v) is 18.3. The Balaban J connectivity index is 2.47. The maximum Gasteiger partial charge on any atom is 0.472 e. The molecule has 6 N–H and O–H groups in total. The minimum atomic E-state index is -5.11. The number of rotatable bonds is 38. The maximum absolute atomic E-state index is 12.8. The van der Waals surface area contributed by atoms with Gasteiger partial charge in [-0.25, -0.2) is 4.57 Å². The monoisotopic (exact) mass is 853 g/mol. The topological polar surface area (TPSA) is 210 Å². The molecule has 0 aromatic rings. The number of aliphatic hydroxyl groups excluding tert-OH is 5. The van der Waals surface area contributed by atoms with Crippen LogP contribution >= 0.6 is 7.82 Å².